The molecule has 1 aliphatic heterocycles. The predicted molar refractivity (Wildman–Crippen MR) is 87.2 cm³/mol. The summed E-state index contributed by atoms with van der Waals surface area (Å²) in [5, 5.41) is 19.8. The van der Waals surface area contributed by atoms with Crippen molar-refractivity contribution in [1.82, 2.24) is 20.4 Å². The summed E-state index contributed by atoms with van der Waals surface area (Å²) >= 11 is 0. The number of benzene rings is 1. The number of halogens is 1. The molecular formula is C17H21FN4O2. The Morgan fingerprint density at radius 1 is 1.46 bits per heavy atom. The van der Waals surface area contributed by atoms with Gasteiger partial charge in [0, 0.05) is 17.8 Å². The van der Waals surface area contributed by atoms with Gasteiger partial charge in [0.05, 0.1) is 30.1 Å². The molecule has 2 aromatic rings. The van der Waals surface area contributed by atoms with Crippen LogP contribution in [0.4, 0.5) is 4.39 Å². The quantitative estimate of drug-likeness (QED) is 0.787. The van der Waals surface area contributed by atoms with E-state index in [4.69, 9.17) is 0 Å². The Kier molecular flexibility index (Phi) is 4.64. The molecule has 1 saturated heterocycles. The lowest BCUT2D eigenvalue weighted by Gasteiger charge is -2.17. The first-order chi connectivity index (χ1) is 11.5. The topological polar surface area (TPSA) is 79.2 Å². The summed E-state index contributed by atoms with van der Waals surface area (Å²) in [5.74, 6) is -0.427. The minimum absolute atomic E-state index is 0.131. The van der Waals surface area contributed by atoms with Crippen molar-refractivity contribution in [3.63, 3.8) is 0 Å². The molecule has 1 aliphatic rings. The molecule has 3 atom stereocenters. The average molecular weight is 332 g/mol. The molecule has 1 fully saturated rings. The largest absolute Gasteiger partial charge is 0.392 e. The Balaban J connectivity index is 1.73. The lowest BCUT2D eigenvalue weighted by atomic mass is 10.1. The Morgan fingerprint density at radius 2 is 2.17 bits per heavy atom. The van der Waals surface area contributed by atoms with Crippen molar-refractivity contribution in [2.75, 3.05) is 6.54 Å². The average Bonchev–Trinajstić information content (AvgIpc) is 3.14. The standard InChI is InChI=1S/C17H21FN4O2/c1-10(21-17(24)16-7-14(23)8-19-16)15-9-20-22(11(15)2)13-5-3-12(18)4-6-13/h3-6,9-10,14,16,19,23H,7-8H2,1-2H3,(H,21,24)/t10-,14-,16-/m0/s1. The van der Waals surface area contributed by atoms with Crippen LogP contribution < -0.4 is 10.6 Å². The second kappa shape index (κ2) is 6.70. The third-order valence-electron chi connectivity index (χ3n) is 4.37. The lowest BCUT2D eigenvalue weighted by Crippen LogP contribution is -2.41. The summed E-state index contributed by atoms with van der Waals surface area (Å²) in [6.07, 6.45) is 1.66. The van der Waals surface area contributed by atoms with Crippen molar-refractivity contribution >= 4 is 5.91 Å². The van der Waals surface area contributed by atoms with Gasteiger partial charge in [0.15, 0.2) is 0 Å². The fourth-order valence-electron chi connectivity index (χ4n) is 3.00. The summed E-state index contributed by atoms with van der Waals surface area (Å²) < 4.78 is 14.8. The van der Waals surface area contributed by atoms with E-state index in [0.29, 0.717) is 13.0 Å². The van der Waals surface area contributed by atoms with Crippen molar-refractivity contribution in [2.24, 2.45) is 0 Å². The zero-order valence-corrected chi connectivity index (χ0v) is 13.7. The molecule has 0 aliphatic carbocycles. The van der Waals surface area contributed by atoms with E-state index in [9.17, 15) is 14.3 Å². The molecule has 0 unspecified atom stereocenters. The predicted octanol–water partition coefficient (Wildman–Crippen LogP) is 1.22. The molecule has 128 valence electrons. The van der Waals surface area contributed by atoms with Gasteiger partial charge >= 0.3 is 0 Å². The summed E-state index contributed by atoms with van der Waals surface area (Å²) in [6.45, 7) is 4.24. The molecule has 1 amide bonds. The maximum Gasteiger partial charge on any atom is 0.237 e. The number of hydrogen-bond acceptors (Lipinski definition) is 4. The number of β-amino-alcohol motifs (C(OH)–C–C–N with tert-alkyl or cyclic N) is 1. The van der Waals surface area contributed by atoms with Crippen LogP contribution in [-0.2, 0) is 4.79 Å². The van der Waals surface area contributed by atoms with Crippen molar-refractivity contribution < 1.29 is 14.3 Å². The minimum atomic E-state index is -0.473. The van der Waals surface area contributed by atoms with Crippen molar-refractivity contribution in [1.29, 1.82) is 0 Å². The highest BCUT2D eigenvalue weighted by molar-refractivity contribution is 5.82. The number of aliphatic hydroxyl groups is 1. The van der Waals surface area contributed by atoms with E-state index in [2.05, 4.69) is 15.7 Å². The van der Waals surface area contributed by atoms with E-state index in [1.165, 1.54) is 12.1 Å². The van der Waals surface area contributed by atoms with Gasteiger partial charge in [-0.2, -0.15) is 5.10 Å². The van der Waals surface area contributed by atoms with Crippen LogP contribution in [0.2, 0.25) is 0 Å². The van der Waals surface area contributed by atoms with E-state index in [-0.39, 0.29) is 23.8 Å². The Labute approximate surface area is 139 Å². The van der Waals surface area contributed by atoms with E-state index >= 15 is 0 Å². The third-order valence-corrected chi connectivity index (χ3v) is 4.37. The maximum absolute atomic E-state index is 13.1. The summed E-state index contributed by atoms with van der Waals surface area (Å²) in [5.41, 5.74) is 2.54. The second-order valence-corrected chi connectivity index (χ2v) is 6.15. The number of nitrogens with one attached hydrogen (secondary N) is 2. The minimum Gasteiger partial charge on any atom is -0.392 e. The fourth-order valence-corrected chi connectivity index (χ4v) is 3.00. The number of rotatable bonds is 4. The van der Waals surface area contributed by atoms with Crippen molar-refractivity contribution in [3.05, 3.63) is 47.5 Å². The van der Waals surface area contributed by atoms with E-state index in [1.54, 1.807) is 23.0 Å². The van der Waals surface area contributed by atoms with Crippen molar-refractivity contribution in [3.8, 4) is 5.69 Å². The molecule has 2 heterocycles. The van der Waals surface area contributed by atoms with Crippen LogP contribution in [-0.4, -0.2) is 39.5 Å². The lowest BCUT2D eigenvalue weighted by molar-refractivity contribution is -0.123. The smallest absolute Gasteiger partial charge is 0.237 e. The van der Waals surface area contributed by atoms with Crippen LogP contribution in [0.5, 0.6) is 0 Å². The number of aromatic nitrogens is 2. The molecule has 0 bridgehead atoms. The van der Waals surface area contributed by atoms with E-state index in [0.717, 1.165) is 16.9 Å². The van der Waals surface area contributed by atoms with Crippen molar-refractivity contribution in [2.45, 2.75) is 38.5 Å². The maximum atomic E-state index is 13.1. The first-order valence-electron chi connectivity index (χ1n) is 7.98. The van der Waals surface area contributed by atoms with Crippen LogP contribution in [0, 0.1) is 12.7 Å². The highest BCUT2D eigenvalue weighted by atomic mass is 19.1. The fraction of sp³-hybridized carbons (Fsp3) is 0.412. The molecule has 1 aromatic heterocycles. The normalized spacial score (nSPS) is 21.7. The van der Waals surface area contributed by atoms with Gasteiger partial charge in [0.1, 0.15) is 5.82 Å². The zero-order chi connectivity index (χ0) is 17.3. The molecule has 0 spiro atoms. The van der Waals surface area contributed by atoms with Crippen LogP contribution >= 0.6 is 0 Å². The summed E-state index contributed by atoms with van der Waals surface area (Å²) in [4.78, 5) is 12.2. The second-order valence-electron chi connectivity index (χ2n) is 6.15. The molecule has 0 saturated carbocycles. The number of carbonyl (C=O) groups is 1. The molecule has 3 N–H and O–H groups in total. The van der Waals surface area contributed by atoms with Gasteiger partial charge in [-0.05, 0) is 44.5 Å². The summed E-state index contributed by atoms with van der Waals surface area (Å²) in [6, 6.07) is 5.51. The van der Waals surface area contributed by atoms with Crippen LogP contribution in [0.25, 0.3) is 5.69 Å². The molecule has 0 radical (unpaired) electrons. The number of hydrogen-bond donors (Lipinski definition) is 3. The Hall–Kier alpha value is -2.25. The van der Waals surface area contributed by atoms with Crippen LogP contribution in [0.1, 0.15) is 30.6 Å². The number of aliphatic hydroxyl groups excluding tert-OH is 1. The van der Waals surface area contributed by atoms with Gasteiger partial charge in [-0.15, -0.1) is 0 Å². The number of amides is 1. The number of carbonyl (C=O) groups excluding carboxylic acids is 1. The van der Waals surface area contributed by atoms with E-state index < -0.39 is 6.10 Å². The highest BCUT2D eigenvalue weighted by Gasteiger charge is 2.29. The summed E-state index contributed by atoms with van der Waals surface area (Å²) in [7, 11) is 0. The van der Waals surface area contributed by atoms with E-state index in [1.807, 2.05) is 13.8 Å². The van der Waals surface area contributed by atoms with Gasteiger partial charge in [0.2, 0.25) is 5.91 Å². The molecule has 1 aromatic carbocycles. The first-order valence-corrected chi connectivity index (χ1v) is 7.98. The monoisotopic (exact) mass is 332 g/mol. The zero-order valence-electron chi connectivity index (χ0n) is 13.7. The van der Waals surface area contributed by atoms with Gasteiger partial charge < -0.3 is 15.7 Å². The molecule has 24 heavy (non-hydrogen) atoms. The van der Waals surface area contributed by atoms with Gasteiger partial charge in [-0.3, -0.25) is 4.79 Å². The molecule has 3 rings (SSSR count). The Morgan fingerprint density at radius 3 is 2.79 bits per heavy atom. The Bertz CT molecular complexity index is 729. The number of nitrogens with zero attached hydrogens (tertiary/aromatic N) is 2. The van der Waals surface area contributed by atoms with Gasteiger partial charge in [-0.1, -0.05) is 0 Å². The SMILES string of the molecule is Cc1c([C@H](C)NC(=O)[C@@H]2C[C@H](O)CN2)cnn1-c1ccc(F)cc1. The van der Waals surface area contributed by atoms with Gasteiger partial charge in [0.25, 0.3) is 0 Å². The molecule has 6 nitrogen and oxygen atoms in total. The van der Waals surface area contributed by atoms with Crippen LogP contribution in [0.15, 0.2) is 30.5 Å². The first kappa shape index (κ1) is 16.6. The van der Waals surface area contributed by atoms with Gasteiger partial charge in [-0.25, -0.2) is 9.07 Å². The molecular weight excluding hydrogens is 311 g/mol. The molecule has 7 heteroatoms. The third kappa shape index (κ3) is 3.32. The highest BCUT2D eigenvalue weighted by Crippen LogP contribution is 2.21. The van der Waals surface area contributed by atoms with Crippen LogP contribution in [0.3, 0.4) is 0 Å².